The third-order valence-corrected chi connectivity index (χ3v) is 12.3. The highest BCUT2D eigenvalue weighted by Gasteiger charge is 2.39. The minimum absolute atomic E-state index is 0.00844. The molecule has 1 aliphatic rings. The van der Waals surface area contributed by atoms with Crippen LogP contribution in [0.15, 0.2) is 72.2 Å². The summed E-state index contributed by atoms with van der Waals surface area (Å²) in [4.78, 5) is 136. The Hall–Kier alpha value is -7.17. The normalized spacial score (nSPS) is 15.2. The van der Waals surface area contributed by atoms with E-state index < -0.39 is 146 Å². The number of rotatable bonds is 28. The second kappa shape index (κ2) is 27.7. The molecular weight excluding hydrogens is 941 g/mol. The molecule has 0 unspecified atom stereocenters. The van der Waals surface area contributed by atoms with Crippen LogP contribution in [0.1, 0.15) is 111 Å². The Morgan fingerprint density at radius 2 is 1.10 bits per heavy atom. The monoisotopic (exact) mass is 997 g/mol. The van der Waals surface area contributed by atoms with Gasteiger partial charge >= 0.3 is 17.9 Å². The first-order valence-electron chi connectivity index (χ1n) is 22.6. The second-order valence-corrected chi connectivity index (χ2v) is 17.7. The van der Waals surface area contributed by atoms with Crippen LogP contribution in [0.25, 0.3) is 0 Å². The molecule has 2 aromatic carbocycles. The van der Waals surface area contributed by atoms with E-state index in [1.54, 1.807) is 60.7 Å². The topological polar surface area (TPSA) is 316 Å². The number of nitrogens with zero attached hydrogens (tertiary/aromatic N) is 1. The molecule has 0 bridgehead atoms. The Labute approximate surface area is 405 Å². The number of carboxylic acid groups (broad SMARTS) is 3. The van der Waals surface area contributed by atoms with Crippen LogP contribution < -0.4 is 31.9 Å². The van der Waals surface area contributed by atoms with Gasteiger partial charge in [0.05, 0.1) is 6.42 Å². The van der Waals surface area contributed by atoms with E-state index in [1.165, 1.54) is 11.6 Å². The van der Waals surface area contributed by atoms with Gasteiger partial charge in [0.15, 0.2) is 5.01 Å². The third kappa shape index (κ3) is 18.1. The van der Waals surface area contributed by atoms with Crippen molar-refractivity contribution in [2.24, 2.45) is 5.92 Å². The van der Waals surface area contributed by atoms with Gasteiger partial charge in [-0.2, -0.15) is 0 Å². The number of carbonyl (C=O) groups is 10. The number of aliphatic carboxylic acids is 3. The summed E-state index contributed by atoms with van der Waals surface area (Å²) in [5.41, 5.74) is 0.850. The number of carboxylic acids is 3. The van der Waals surface area contributed by atoms with Crippen LogP contribution >= 0.6 is 11.3 Å². The Morgan fingerprint density at radius 3 is 1.59 bits per heavy atom. The fourth-order valence-electron chi connectivity index (χ4n) is 8.12. The van der Waals surface area contributed by atoms with Gasteiger partial charge in [-0.05, 0) is 36.3 Å². The van der Waals surface area contributed by atoms with Crippen LogP contribution in [-0.2, 0) is 43.2 Å². The predicted molar refractivity (Wildman–Crippen MR) is 246 cm³/mol. The highest BCUT2D eigenvalue weighted by atomic mass is 32.1. The lowest BCUT2D eigenvalue weighted by atomic mass is 9.84. The molecule has 0 saturated heterocycles. The number of alkyl halides is 2. The number of benzene rings is 2. The average Bonchev–Trinajstić information content (AvgIpc) is 3.86. The van der Waals surface area contributed by atoms with E-state index in [0.29, 0.717) is 24.0 Å². The van der Waals surface area contributed by atoms with Crippen molar-refractivity contribution in [1.82, 2.24) is 36.9 Å². The fourth-order valence-corrected chi connectivity index (χ4v) is 8.76. The van der Waals surface area contributed by atoms with Crippen LogP contribution in [0.3, 0.4) is 0 Å². The maximum atomic E-state index is 14.9. The zero-order valence-electron chi connectivity index (χ0n) is 38.1. The van der Waals surface area contributed by atoms with Crippen LogP contribution in [-0.4, -0.2) is 122 Å². The summed E-state index contributed by atoms with van der Waals surface area (Å²) in [6, 6.07) is 6.24. The van der Waals surface area contributed by atoms with Crippen molar-refractivity contribution in [3.05, 3.63) is 88.4 Å². The van der Waals surface area contributed by atoms with Crippen molar-refractivity contribution in [3.8, 4) is 0 Å². The van der Waals surface area contributed by atoms with Crippen molar-refractivity contribution >= 4 is 70.5 Å². The second-order valence-electron chi connectivity index (χ2n) is 16.8. The van der Waals surface area contributed by atoms with Gasteiger partial charge in [-0.25, -0.2) is 13.8 Å². The van der Waals surface area contributed by atoms with Crippen molar-refractivity contribution in [2.45, 2.75) is 133 Å². The minimum Gasteiger partial charge on any atom is -0.481 e. The molecule has 0 radical (unpaired) electrons. The molecule has 70 heavy (non-hydrogen) atoms. The van der Waals surface area contributed by atoms with Gasteiger partial charge < -0.3 is 47.2 Å². The average molecular weight is 998 g/mol. The van der Waals surface area contributed by atoms with Gasteiger partial charge in [0.25, 0.3) is 0 Å². The number of ketones is 1. The Kier molecular flexibility index (Phi) is 22.0. The van der Waals surface area contributed by atoms with E-state index in [9.17, 15) is 72.0 Å². The van der Waals surface area contributed by atoms with Crippen LogP contribution in [0.2, 0.25) is 0 Å². The lowest BCUT2D eigenvalue weighted by molar-refractivity contribution is -0.141. The van der Waals surface area contributed by atoms with E-state index in [2.05, 4.69) is 36.9 Å². The summed E-state index contributed by atoms with van der Waals surface area (Å²) in [7, 11) is 0. The fraction of sp³-hybridized carbons (Fsp3) is 0.468. The predicted octanol–water partition coefficient (Wildman–Crippen LogP) is 2.92. The van der Waals surface area contributed by atoms with Crippen LogP contribution in [0, 0.1) is 5.92 Å². The summed E-state index contributed by atoms with van der Waals surface area (Å²) < 4.78 is 27.6. The summed E-state index contributed by atoms with van der Waals surface area (Å²) >= 11 is 0.879. The van der Waals surface area contributed by atoms with E-state index in [1.807, 2.05) is 0 Å². The largest absolute Gasteiger partial charge is 0.481 e. The van der Waals surface area contributed by atoms with Crippen molar-refractivity contribution in [2.75, 3.05) is 0 Å². The SMILES string of the molecule is CC(=O)N[C@@H](CC(=O)O)C(=O)N[C@@H](CCC(=O)O)C(=O)N[C@H](C(=O)N[C@@H](CCC(=O)O)C(=O)N[C@@H](CC1CCCCC1)C(=O)N[C@@H](CC(F)F)C(=O)c1nccs1)C(c1ccccc1)c1ccccc1. The molecule has 4 rings (SSSR count). The standard InChI is InChI=1S/C47H57F2N7O13S/c1-26(57)51-34(25-38(62)63)45(68)52-31(18-20-37(60)61)43(66)56-40(39(28-13-7-3-8-14-28)29-15-9-4-10-16-29)46(69)53-30(17-19-36(58)59)42(65)55-33(23-27-11-5-2-6-12-27)44(67)54-32(24-35(48)49)41(64)47-50-21-22-70-47/h3-4,7-10,13-16,21-22,27,30-35,39-40H,2,5-6,11-12,17-20,23-25H2,1H3,(H,51,57)(H,52,68)(H,53,69)(H,54,67)(H,55,65)(H,56,66)(H,58,59)(H,60,61)(H,62,63)/t30-,31-,32-,33-,34-,40-/m0/s1. The molecule has 1 fully saturated rings. The molecule has 0 aliphatic heterocycles. The molecule has 1 aromatic heterocycles. The zero-order chi connectivity index (χ0) is 51.3. The molecule has 1 saturated carbocycles. The number of thiazole rings is 1. The quantitative estimate of drug-likeness (QED) is 0.0473. The highest BCUT2D eigenvalue weighted by molar-refractivity contribution is 7.11. The van der Waals surface area contributed by atoms with E-state index >= 15 is 0 Å². The summed E-state index contributed by atoms with van der Waals surface area (Å²) in [6.45, 7) is 1.02. The number of Topliss-reactive ketones (excluding diaryl/α,β-unsaturated/α-hetero) is 1. The molecule has 3 aromatic rings. The van der Waals surface area contributed by atoms with Gasteiger partial charge in [0, 0.05) is 43.7 Å². The summed E-state index contributed by atoms with van der Waals surface area (Å²) in [5, 5.41) is 44.5. The molecule has 23 heteroatoms. The van der Waals surface area contributed by atoms with Gasteiger partial charge in [0.2, 0.25) is 47.7 Å². The molecule has 20 nitrogen and oxygen atoms in total. The number of nitrogens with one attached hydrogen (secondary N) is 6. The molecule has 6 atom stereocenters. The molecule has 1 aliphatic carbocycles. The summed E-state index contributed by atoms with van der Waals surface area (Å²) in [5.74, 6) is -12.7. The Morgan fingerprint density at radius 1 is 0.614 bits per heavy atom. The molecule has 0 spiro atoms. The smallest absolute Gasteiger partial charge is 0.305 e. The van der Waals surface area contributed by atoms with Gasteiger partial charge in [0.1, 0.15) is 36.3 Å². The molecule has 6 amide bonds. The van der Waals surface area contributed by atoms with E-state index in [-0.39, 0.29) is 17.3 Å². The van der Waals surface area contributed by atoms with E-state index in [0.717, 1.165) is 37.5 Å². The van der Waals surface area contributed by atoms with Crippen molar-refractivity contribution in [1.29, 1.82) is 0 Å². The van der Waals surface area contributed by atoms with Crippen LogP contribution in [0.5, 0.6) is 0 Å². The van der Waals surface area contributed by atoms with Gasteiger partial charge in [-0.1, -0.05) is 92.8 Å². The summed E-state index contributed by atoms with van der Waals surface area (Å²) in [6.07, 6.45) is -2.49. The lowest BCUT2D eigenvalue weighted by Gasteiger charge is -2.32. The Bertz CT molecular complexity index is 2230. The molecule has 1 heterocycles. The zero-order valence-corrected chi connectivity index (χ0v) is 39.0. The number of hydrogen-bond acceptors (Lipinski definition) is 12. The van der Waals surface area contributed by atoms with E-state index in [4.69, 9.17) is 0 Å². The first-order valence-corrected chi connectivity index (χ1v) is 23.5. The number of aromatic nitrogens is 1. The van der Waals surface area contributed by atoms with Gasteiger partial charge in [-0.3, -0.25) is 47.9 Å². The highest BCUT2D eigenvalue weighted by Crippen LogP contribution is 2.30. The van der Waals surface area contributed by atoms with Crippen LogP contribution in [0.4, 0.5) is 8.78 Å². The molecule has 378 valence electrons. The maximum absolute atomic E-state index is 14.9. The molecule has 9 N–H and O–H groups in total. The van der Waals surface area contributed by atoms with Crippen molar-refractivity contribution in [3.63, 3.8) is 0 Å². The first-order chi connectivity index (χ1) is 33.3. The number of halogens is 2. The lowest BCUT2D eigenvalue weighted by Crippen LogP contribution is -2.61. The number of amides is 6. The molecular formula is C47H57F2N7O13S. The van der Waals surface area contributed by atoms with Gasteiger partial charge in [-0.15, -0.1) is 11.3 Å². The Balaban J connectivity index is 1.75. The number of hydrogen-bond donors (Lipinski definition) is 9. The number of carbonyl (C=O) groups excluding carboxylic acids is 7. The first kappa shape index (κ1) is 55.4. The van der Waals surface area contributed by atoms with Crippen molar-refractivity contribution < 1.29 is 72.0 Å². The minimum atomic E-state index is -3.03. The maximum Gasteiger partial charge on any atom is 0.305 e. The third-order valence-electron chi connectivity index (χ3n) is 11.5.